The van der Waals surface area contributed by atoms with Crippen molar-refractivity contribution in [3.05, 3.63) is 41.6 Å². The molecule has 2 aromatic rings. The average molecular weight is 515 g/mol. The van der Waals surface area contributed by atoms with Crippen LogP contribution in [0, 0.1) is 5.92 Å². The third-order valence-electron chi connectivity index (χ3n) is 7.23. The second-order valence-electron chi connectivity index (χ2n) is 10.3. The van der Waals surface area contributed by atoms with E-state index in [9.17, 15) is 35.9 Å². The Morgan fingerprint density at radius 3 is 2.28 bits per heavy atom. The summed E-state index contributed by atoms with van der Waals surface area (Å²) in [7, 11) is 0. The Bertz CT molecular complexity index is 1190. The molecule has 0 spiro atoms. The largest absolute Gasteiger partial charge is 0.416 e. The van der Waals surface area contributed by atoms with Gasteiger partial charge in [-0.3, -0.25) is 9.59 Å². The summed E-state index contributed by atoms with van der Waals surface area (Å²) in [6.07, 6.45) is -7.67. The molecule has 2 N–H and O–H groups in total. The highest BCUT2D eigenvalue weighted by atomic mass is 19.4. The molecule has 2 bridgehead atoms. The molecule has 1 aromatic heterocycles. The molecule has 6 nitrogen and oxygen atoms in total. The smallest absolute Gasteiger partial charge is 0.368 e. The molecule has 36 heavy (non-hydrogen) atoms. The zero-order chi connectivity index (χ0) is 25.9. The van der Waals surface area contributed by atoms with E-state index in [1.807, 2.05) is 0 Å². The highest BCUT2D eigenvalue weighted by Gasteiger charge is 2.69. The number of aromatic nitrogens is 1. The van der Waals surface area contributed by atoms with Crippen molar-refractivity contribution in [3.8, 4) is 0 Å². The SMILES string of the molecule is O=C(COC1CC(CC(F)(F)F)C1)NC12CC(NC(=O)c3ccc4cc(C(F)(F)F)ccc4n3)(C1)C2. The first kappa shape index (κ1) is 24.8. The van der Waals surface area contributed by atoms with Crippen LogP contribution in [0.3, 0.4) is 0 Å². The number of fused-ring (bicyclic) bond motifs is 1. The fraction of sp³-hybridized carbons (Fsp3) is 0.542. The van der Waals surface area contributed by atoms with Crippen LogP contribution in [0.4, 0.5) is 26.3 Å². The van der Waals surface area contributed by atoms with Gasteiger partial charge in [-0.1, -0.05) is 6.07 Å². The van der Waals surface area contributed by atoms with E-state index in [-0.39, 0.29) is 35.2 Å². The van der Waals surface area contributed by atoms with Crippen LogP contribution in [0.15, 0.2) is 30.3 Å². The van der Waals surface area contributed by atoms with Crippen molar-refractivity contribution in [2.75, 3.05) is 6.61 Å². The Morgan fingerprint density at radius 1 is 0.972 bits per heavy atom. The summed E-state index contributed by atoms with van der Waals surface area (Å²) in [5.74, 6) is -1.24. The fourth-order valence-electron chi connectivity index (χ4n) is 5.62. The van der Waals surface area contributed by atoms with Gasteiger partial charge >= 0.3 is 12.4 Å². The van der Waals surface area contributed by atoms with Crippen molar-refractivity contribution in [2.24, 2.45) is 5.92 Å². The minimum atomic E-state index is -4.47. The van der Waals surface area contributed by atoms with Gasteiger partial charge in [0.2, 0.25) is 5.91 Å². The van der Waals surface area contributed by atoms with Crippen LogP contribution in [-0.4, -0.2) is 46.8 Å². The zero-order valence-corrected chi connectivity index (χ0v) is 18.9. The van der Waals surface area contributed by atoms with E-state index < -0.39 is 47.2 Å². The number of alkyl halides is 6. The summed E-state index contributed by atoms with van der Waals surface area (Å²) in [6.45, 7) is -0.221. The average Bonchev–Trinajstić information content (AvgIpc) is 2.70. The molecule has 4 aliphatic carbocycles. The summed E-state index contributed by atoms with van der Waals surface area (Å²) >= 11 is 0. The number of rotatable bonds is 7. The normalized spacial score (nSPS) is 29.1. The molecule has 0 saturated heterocycles. The van der Waals surface area contributed by atoms with Crippen molar-refractivity contribution in [2.45, 2.75) is 68.1 Å². The summed E-state index contributed by atoms with van der Waals surface area (Å²) in [5, 5.41) is 6.07. The van der Waals surface area contributed by atoms with Gasteiger partial charge < -0.3 is 15.4 Å². The first-order valence-electron chi connectivity index (χ1n) is 11.5. The molecule has 6 rings (SSSR count). The van der Waals surface area contributed by atoms with Gasteiger partial charge in [0.15, 0.2) is 0 Å². The van der Waals surface area contributed by atoms with Crippen LogP contribution in [0.25, 0.3) is 10.9 Å². The maximum Gasteiger partial charge on any atom is 0.416 e. The number of halogens is 6. The van der Waals surface area contributed by atoms with E-state index >= 15 is 0 Å². The third kappa shape index (κ3) is 5.00. The molecule has 0 unspecified atom stereocenters. The molecule has 4 fully saturated rings. The minimum Gasteiger partial charge on any atom is -0.368 e. The molecule has 194 valence electrons. The van der Waals surface area contributed by atoms with Crippen molar-refractivity contribution in [1.82, 2.24) is 15.6 Å². The van der Waals surface area contributed by atoms with E-state index in [4.69, 9.17) is 4.74 Å². The maximum atomic E-state index is 12.9. The molecule has 4 saturated carbocycles. The number of amides is 2. The van der Waals surface area contributed by atoms with Gasteiger partial charge in [-0.15, -0.1) is 0 Å². The monoisotopic (exact) mass is 515 g/mol. The van der Waals surface area contributed by atoms with E-state index in [0.717, 1.165) is 12.1 Å². The van der Waals surface area contributed by atoms with Crippen molar-refractivity contribution >= 4 is 22.7 Å². The topological polar surface area (TPSA) is 80.3 Å². The Labute approximate surface area is 201 Å². The third-order valence-corrected chi connectivity index (χ3v) is 7.23. The van der Waals surface area contributed by atoms with E-state index in [1.165, 1.54) is 18.2 Å². The highest BCUT2D eigenvalue weighted by molar-refractivity contribution is 5.96. The Hall–Kier alpha value is -2.89. The molecule has 4 aliphatic rings. The highest BCUT2D eigenvalue weighted by Crippen LogP contribution is 2.60. The number of ether oxygens (including phenoxy) is 1. The lowest BCUT2D eigenvalue weighted by molar-refractivity contribution is -0.166. The Balaban J connectivity index is 1.07. The zero-order valence-electron chi connectivity index (χ0n) is 18.9. The molecule has 0 aliphatic heterocycles. The second-order valence-corrected chi connectivity index (χ2v) is 10.3. The standard InChI is InChI=1S/C24H23F6N3O3/c25-23(26,27)8-13-5-16(6-13)36-9-19(34)32-21-10-22(11-21,12-21)33-20(35)18-3-1-14-7-15(24(28,29)30)2-4-17(14)31-18/h1-4,7,13,16H,5-6,8-12H2,(H,32,34)(H,33,35). The number of benzene rings is 1. The van der Waals surface area contributed by atoms with Gasteiger partial charge in [0.05, 0.1) is 17.2 Å². The van der Waals surface area contributed by atoms with Crippen LogP contribution in [0.2, 0.25) is 0 Å². The van der Waals surface area contributed by atoms with Crippen molar-refractivity contribution < 1.29 is 40.7 Å². The van der Waals surface area contributed by atoms with Gasteiger partial charge in [0, 0.05) is 22.9 Å². The van der Waals surface area contributed by atoms with E-state index in [0.29, 0.717) is 32.1 Å². The number of carbonyl (C=O) groups excluding carboxylic acids is 2. The van der Waals surface area contributed by atoms with Crippen molar-refractivity contribution in [1.29, 1.82) is 0 Å². The number of hydrogen-bond acceptors (Lipinski definition) is 4. The summed E-state index contributed by atoms with van der Waals surface area (Å²) in [5.41, 5.74) is -1.34. The van der Waals surface area contributed by atoms with E-state index in [1.54, 1.807) is 0 Å². The van der Waals surface area contributed by atoms with Crippen LogP contribution in [-0.2, 0) is 15.7 Å². The molecular formula is C24H23F6N3O3. The quantitative estimate of drug-likeness (QED) is 0.532. The molecule has 1 aromatic carbocycles. The number of nitrogens with one attached hydrogen (secondary N) is 2. The van der Waals surface area contributed by atoms with Crippen LogP contribution >= 0.6 is 0 Å². The van der Waals surface area contributed by atoms with E-state index in [2.05, 4.69) is 15.6 Å². The molecular weight excluding hydrogens is 492 g/mol. The Kier molecular flexibility index (Phi) is 5.73. The molecule has 1 heterocycles. The first-order chi connectivity index (χ1) is 16.7. The summed E-state index contributed by atoms with van der Waals surface area (Å²) in [6, 6.07) is 5.91. The van der Waals surface area contributed by atoms with Crippen LogP contribution in [0.5, 0.6) is 0 Å². The van der Waals surface area contributed by atoms with Gasteiger partial charge in [-0.2, -0.15) is 26.3 Å². The summed E-state index contributed by atoms with van der Waals surface area (Å²) < 4.78 is 81.1. The number of carbonyl (C=O) groups is 2. The van der Waals surface area contributed by atoms with Gasteiger partial charge in [0.1, 0.15) is 12.3 Å². The first-order valence-corrected chi connectivity index (χ1v) is 11.5. The van der Waals surface area contributed by atoms with Gasteiger partial charge in [0.25, 0.3) is 5.91 Å². The minimum absolute atomic E-state index is 0.0859. The lowest BCUT2D eigenvalue weighted by Gasteiger charge is -2.70. The molecule has 2 amide bonds. The number of nitrogens with zero attached hydrogens (tertiary/aromatic N) is 1. The van der Waals surface area contributed by atoms with Crippen LogP contribution in [0.1, 0.15) is 54.6 Å². The predicted molar refractivity (Wildman–Crippen MR) is 115 cm³/mol. The number of hydrogen-bond donors (Lipinski definition) is 2. The lowest BCUT2D eigenvalue weighted by Crippen LogP contribution is -2.84. The molecule has 0 radical (unpaired) electrons. The van der Waals surface area contributed by atoms with Gasteiger partial charge in [-0.25, -0.2) is 4.98 Å². The van der Waals surface area contributed by atoms with Crippen LogP contribution < -0.4 is 10.6 Å². The molecule has 0 atom stereocenters. The Morgan fingerprint density at radius 2 is 1.64 bits per heavy atom. The molecule has 12 heteroatoms. The van der Waals surface area contributed by atoms with Crippen molar-refractivity contribution in [3.63, 3.8) is 0 Å². The van der Waals surface area contributed by atoms with Gasteiger partial charge in [-0.05, 0) is 62.3 Å². The fourth-order valence-corrected chi connectivity index (χ4v) is 5.62. The second kappa shape index (κ2) is 8.32. The maximum absolute atomic E-state index is 12.9. The number of pyridine rings is 1. The predicted octanol–water partition coefficient (Wildman–Crippen LogP) is 4.52. The lowest BCUT2D eigenvalue weighted by atomic mass is 9.44. The summed E-state index contributed by atoms with van der Waals surface area (Å²) in [4.78, 5) is 29.1.